The van der Waals surface area contributed by atoms with Crippen LogP contribution >= 0.6 is 0 Å². The summed E-state index contributed by atoms with van der Waals surface area (Å²) in [4.78, 5) is 25.2. The van der Waals surface area contributed by atoms with Gasteiger partial charge in [0.15, 0.2) is 9.84 Å². The van der Waals surface area contributed by atoms with Gasteiger partial charge in [-0.25, -0.2) is 18.0 Å². The topological polar surface area (TPSA) is 86.7 Å². The summed E-state index contributed by atoms with van der Waals surface area (Å²) in [6.45, 7) is 9.00. The summed E-state index contributed by atoms with van der Waals surface area (Å²) in [7, 11) is -1.21. The zero-order valence-corrected chi connectivity index (χ0v) is 20.7. The van der Waals surface area contributed by atoms with Gasteiger partial charge in [-0.2, -0.15) is 0 Å². The van der Waals surface area contributed by atoms with E-state index in [9.17, 15) is 18.0 Å². The van der Waals surface area contributed by atoms with Gasteiger partial charge >= 0.3 is 11.9 Å². The molecule has 3 aliphatic rings. The van der Waals surface area contributed by atoms with E-state index in [-0.39, 0.29) is 38.5 Å². The highest BCUT2D eigenvalue weighted by Gasteiger charge is 2.62. The monoisotopic (exact) mass is 462 g/mol. The molecule has 0 saturated heterocycles. The number of carbonyl (C=O) groups excluding carboxylic acids is 2. The molecule has 7 heteroatoms. The molecular weight excluding hydrogens is 428 g/mol. The molecule has 0 amide bonds. The van der Waals surface area contributed by atoms with Crippen molar-refractivity contribution < 1.29 is 27.5 Å². The van der Waals surface area contributed by atoms with E-state index in [2.05, 4.69) is 27.7 Å². The van der Waals surface area contributed by atoms with Crippen LogP contribution in [-0.4, -0.2) is 40.3 Å². The first kappa shape index (κ1) is 23.3. The summed E-state index contributed by atoms with van der Waals surface area (Å²) in [5, 5.41) is 0. The van der Waals surface area contributed by atoms with Crippen molar-refractivity contribution in [3.8, 4) is 0 Å². The van der Waals surface area contributed by atoms with Crippen LogP contribution in [0.15, 0.2) is 17.0 Å². The van der Waals surface area contributed by atoms with Gasteiger partial charge < -0.3 is 9.47 Å². The highest BCUT2D eigenvalue weighted by molar-refractivity contribution is 7.91. The molecule has 6 nitrogen and oxygen atoms in total. The molecule has 2 saturated carbocycles. The van der Waals surface area contributed by atoms with Crippen LogP contribution in [0.4, 0.5) is 0 Å². The van der Waals surface area contributed by atoms with Crippen LogP contribution in [0.3, 0.4) is 0 Å². The van der Waals surface area contributed by atoms with Gasteiger partial charge in [-0.1, -0.05) is 34.1 Å². The number of hydrogen-bond donors (Lipinski definition) is 0. The molecular formula is C25H34O6S. The number of carbonyl (C=O) groups is 2. The number of rotatable bonds is 2. The molecule has 2 aliphatic carbocycles. The van der Waals surface area contributed by atoms with E-state index in [0.29, 0.717) is 11.5 Å². The Morgan fingerprint density at radius 2 is 1.59 bits per heavy atom. The third-order valence-corrected chi connectivity index (χ3v) is 10.8. The second kappa shape index (κ2) is 7.31. The summed E-state index contributed by atoms with van der Waals surface area (Å²) < 4.78 is 37.2. The zero-order chi connectivity index (χ0) is 23.7. The Morgan fingerprint density at radius 1 is 0.938 bits per heavy atom. The van der Waals surface area contributed by atoms with Crippen molar-refractivity contribution in [1.29, 1.82) is 0 Å². The first-order chi connectivity index (χ1) is 14.8. The van der Waals surface area contributed by atoms with E-state index in [4.69, 9.17) is 9.47 Å². The highest BCUT2D eigenvalue weighted by atomic mass is 32.2. The van der Waals surface area contributed by atoms with Gasteiger partial charge in [0.1, 0.15) is 0 Å². The van der Waals surface area contributed by atoms with E-state index in [1.807, 2.05) is 0 Å². The molecule has 0 spiro atoms. The lowest BCUT2D eigenvalue weighted by Gasteiger charge is -2.64. The summed E-state index contributed by atoms with van der Waals surface area (Å²) >= 11 is 0. The molecule has 4 unspecified atom stereocenters. The SMILES string of the molecule is COC(=O)c1cc(C(=O)OC)c2c(c1)S(=O)(=O)CC1C2(C)CCC2C(C)(C)CCCC21C. The molecule has 0 radical (unpaired) electrons. The quantitative estimate of drug-likeness (QED) is 0.600. The lowest BCUT2D eigenvalue weighted by Crippen LogP contribution is -2.60. The molecule has 0 aromatic heterocycles. The standard InChI is InChI=1S/C25H34O6S/c1-23(2)9-7-10-24(3)18(23)8-11-25(4)19(24)14-32(28,29)17-13-15(21(26)30-5)12-16(20(17)25)22(27)31-6/h12-13,18-19H,7-11,14H2,1-6H3. The van der Waals surface area contributed by atoms with Crippen LogP contribution in [0, 0.1) is 22.7 Å². The van der Waals surface area contributed by atoms with Crippen molar-refractivity contribution in [2.24, 2.45) is 22.7 Å². The Balaban J connectivity index is 2.00. The number of ether oxygens (including phenoxy) is 2. The molecule has 32 heavy (non-hydrogen) atoms. The minimum Gasteiger partial charge on any atom is -0.465 e. The third-order valence-electron chi connectivity index (χ3n) is 9.01. The maximum atomic E-state index is 13.7. The van der Waals surface area contributed by atoms with E-state index in [1.165, 1.54) is 26.4 Å². The summed E-state index contributed by atoms with van der Waals surface area (Å²) in [5.74, 6) is -0.955. The molecule has 1 aromatic carbocycles. The summed E-state index contributed by atoms with van der Waals surface area (Å²) in [6.07, 6.45) is 4.99. The second-order valence-electron chi connectivity index (χ2n) is 11.1. The fourth-order valence-corrected chi connectivity index (χ4v) is 9.92. The average Bonchev–Trinajstić information content (AvgIpc) is 2.73. The van der Waals surface area contributed by atoms with Crippen molar-refractivity contribution in [1.82, 2.24) is 0 Å². The van der Waals surface area contributed by atoms with Crippen LogP contribution in [0.2, 0.25) is 0 Å². The van der Waals surface area contributed by atoms with Crippen molar-refractivity contribution in [2.75, 3.05) is 20.0 Å². The van der Waals surface area contributed by atoms with Crippen LogP contribution in [0.1, 0.15) is 86.1 Å². The lowest BCUT2D eigenvalue weighted by molar-refractivity contribution is -0.0983. The predicted octanol–water partition coefficient (Wildman–Crippen LogP) is 4.55. The maximum absolute atomic E-state index is 13.7. The average molecular weight is 463 g/mol. The molecule has 2 fully saturated rings. The fourth-order valence-electron chi connectivity index (χ4n) is 7.59. The molecule has 0 bridgehead atoms. The maximum Gasteiger partial charge on any atom is 0.338 e. The van der Waals surface area contributed by atoms with Crippen LogP contribution < -0.4 is 0 Å². The minimum atomic E-state index is -3.72. The number of benzene rings is 1. The number of sulfone groups is 1. The fraction of sp³-hybridized carbons (Fsp3) is 0.680. The van der Waals surface area contributed by atoms with Gasteiger partial charge in [0.05, 0.1) is 36.0 Å². The molecule has 176 valence electrons. The Hall–Kier alpha value is -1.89. The Labute approximate surface area is 191 Å². The first-order valence-corrected chi connectivity index (χ1v) is 13.0. The summed E-state index contributed by atoms with van der Waals surface area (Å²) in [6, 6.07) is 2.84. The highest BCUT2D eigenvalue weighted by Crippen LogP contribution is 2.66. The van der Waals surface area contributed by atoms with Gasteiger partial charge in [0.2, 0.25) is 0 Å². The van der Waals surface area contributed by atoms with Crippen LogP contribution in [-0.2, 0) is 24.7 Å². The van der Waals surface area contributed by atoms with E-state index in [0.717, 1.165) is 32.1 Å². The normalized spacial score (nSPS) is 34.4. The van der Waals surface area contributed by atoms with Gasteiger partial charge in [0, 0.05) is 0 Å². The Bertz CT molecular complexity index is 1090. The Morgan fingerprint density at radius 3 is 2.22 bits per heavy atom. The molecule has 1 heterocycles. The number of hydrogen-bond acceptors (Lipinski definition) is 6. The molecule has 4 atom stereocenters. The first-order valence-electron chi connectivity index (χ1n) is 11.4. The number of esters is 2. The van der Waals surface area contributed by atoms with Gasteiger partial charge in [-0.3, -0.25) is 0 Å². The van der Waals surface area contributed by atoms with Crippen molar-refractivity contribution >= 4 is 21.8 Å². The largest absolute Gasteiger partial charge is 0.465 e. The molecule has 1 aliphatic heterocycles. The zero-order valence-electron chi connectivity index (χ0n) is 19.9. The van der Waals surface area contributed by atoms with Crippen molar-refractivity contribution in [2.45, 2.75) is 70.1 Å². The third kappa shape index (κ3) is 3.14. The van der Waals surface area contributed by atoms with Crippen LogP contribution in [0.25, 0.3) is 0 Å². The smallest absolute Gasteiger partial charge is 0.338 e. The van der Waals surface area contributed by atoms with E-state index in [1.54, 1.807) is 0 Å². The van der Waals surface area contributed by atoms with Gasteiger partial charge in [-0.05, 0) is 71.5 Å². The van der Waals surface area contributed by atoms with Gasteiger partial charge in [-0.15, -0.1) is 0 Å². The second-order valence-corrected chi connectivity index (χ2v) is 13.1. The van der Waals surface area contributed by atoms with Gasteiger partial charge in [0.25, 0.3) is 0 Å². The lowest BCUT2D eigenvalue weighted by atomic mass is 9.42. The Kier molecular flexibility index (Phi) is 5.31. The number of methoxy groups -OCH3 is 2. The van der Waals surface area contributed by atoms with E-state index >= 15 is 0 Å². The number of fused-ring (bicyclic) bond motifs is 5. The summed E-state index contributed by atoms with van der Waals surface area (Å²) in [5.41, 5.74) is 0.245. The minimum absolute atomic E-state index is 0.0326. The van der Waals surface area contributed by atoms with E-state index < -0.39 is 27.2 Å². The molecule has 4 rings (SSSR count). The molecule has 0 N–H and O–H groups in total. The predicted molar refractivity (Wildman–Crippen MR) is 120 cm³/mol. The van der Waals surface area contributed by atoms with Crippen LogP contribution in [0.5, 0.6) is 0 Å². The van der Waals surface area contributed by atoms with Crippen molar-refractivity contribution in [3.05, 3.63) is 28.8 Å². The molecule has 1 aromatic rings. The van der Waals surface area contributed by atoms with Crippen molar-refractivity contribution in [3.63, 3.8) is 0 Å².